The Bertz CT molecular complexity index is 834. The highest BCUT2D eigenvalue weighted by atomic mass is 28.3. The summed E-state index contributed by atoms with van der Waals surface area (Å²) in [6, 6.07) is 20.7. The first-order valence-electron chi connectivity index (χ1n) is 10.4. The Hall–Kier alpha value is -2.12. The Morgan fingerprint density at radius 1 is 0.897 bits per heavy atom. The third kappa shape index (κ3) is 5.93. The van der Waals surface area contributed by atoms with Gasteiger partial charge in [-0.15, -0.1) is 5.54 Å². The molecule has 0 aliphatic carbocycles. The maximum atomic E-state index is 6.68. The number of benzene rings is 2. The SMILES string of the molecule is CC(C)=CCCC1(C#C[Si](C)(C)C)O[C@H](c2ccccc2)[C@@H](c2ccccc2)O1. The summed E-state index contributed by atoms with van der Waals surface area (Å²) >= 11 is 0. The van der Waals surface area contributed by atoms with E-state index in [4.69, 9.17) is 9.47 Å². The largest absolute Gasteiger partial charge is 0.328 e. The van der Waals surface area contributed by atoms with Crippen LogP contribution in [0.25, 0.3) is 0 Å². The van der Waals surface area contributed by atoms with Crippen LogP contribution in [-0.2, 0) is 9.47 Å². The molecule has 1 fully saturated rings. The third-order valence-corrected chi connectivity index (χ3v) is 5.69. The molecule has 0 amide bonds. The molecule has 1 aliphatic heterocycles. The van der Waals surface area contributed by atoms with Gasteiger partial charge in [-0.05, 0) is 37.3 Å². The van der Waals surface area contributed by atoms with Gasteiger partial charge in [0.05, 0.1) is 0 Å². The van der Waals surface area contributed by atoms with Gasteiger partial charge in [-0.3, -0.25) is 0 Å². The fraction of sp³-hybridized carbons (Fsp3) is 0.385. The summed E-state index contributed by atoms with van der Waals surface area (Å²) in [5, 5.41) is 0. The molecule has 0 N–H and O–H groups in total. The van der Waals surface area contributed by atoms with Gasteiger partial charge >= 0.3 is 0 Å². The molecule has 0 bridgehead atoms. The van der Waals surface area contributed by atoms with E-state index in [-0.39, 0.29) is 12.2 Å². The standard InChI is InChI=1S/C26H32O2Si/c1-21(2)13-12-18-26(19-20-29(3,4)5)27-24(22-14-8-6-9-15-22)25(28-26)23-16-10-7-11-17-23/h6-11,13-17,24-25H,12,18H2,1-5H3/t24-,25-/m1/s1. The van der Waals surface area contributed by atoms with Crippen molar-refractivity contribution in [1.82, 2.24) is 0 Å². The normalized spacial score (nSPS) is 20.6. The molecule has 3 rings (SSSR count). The highest BCUT2D eigenvalue weighted by Crippen LogP contribution is 2.48. The van der Waals surface area contributed by atoms with Crippen LogP contribution in [0.3, 0.4) is 0 Å². The van der Waals surface area contributed by atoms with Crippen LogP contribution in [0.5, 0.6) is 0 Å². The molecule has 2 aromatic rings. The van der Waals surface area contributed by atoms with Crippen LogP contribution >= 0.6 is 0 Å². The van der Waals surface area contributed by atoms with Crippen molar-refractivity contribution in [3.8, 4) is 11.5 Å². The minimum absolute atomic E-state index is 0.179. The zero-order chi connectivity index (χ0) is 20.9. The Morgan fingerprint density at radius 2 is 1.38 bits per heavy atom. The summed E-state index contributed by atoms with van der Waals surface area (Å²) in [7, 11) is -1.57. The average molecular weight is 405 g/mol. The van der Waals surface area contributed by atoms with E-state index in [1.54, 1.807) is 0 Å². The molecular formula is C26H32O2Si. The van der Waals surface area contributed by atoms with Gasteiger partial charge in [-0.1, -0.05) is 92.0 Å². The molecular weight excluding hydrogens is 372 g/mol. The first-order chi connectivity index (χ1) is 13.8. The quantitative estimate of drug-likeness (QED) is 0.308. The van der Waals surface area contributed by atoms with Gasteiger partial charge in [0, 0.05) is 6.42 Å². The second-order valence-corrected chi connectivity index (χ2v) is 13.7. The number of hydrogen-bond acceptors (Lipinski definition) is 2. The van der Waals surface area contributed by atoms with Crippen LogP contribution in [0.2, 0.25) is 19.6 Å². The lowest BCUT2D eigenvalue weighted by Gasteiger charge is -2.23. The van der Waals surface area contributed by atoms with Crippen molar-refractivity contribution < 1.29 is 9.47 Å². The van der Waals surface area contributed by atoms with Crippen molar-refractivity contribution in [1.29, 1.82) is 0 Å². The number of hydrogen-bond donors (Lipinski definition) is 0. The topological polar surface area (TPSA) is 18.5 Å². The Kier molecular flexibility index (Phi) is 6.80. The monoisotopic (exact) mass is 404 g/mol. The molecule has 0 aromatic heterocycles. The van der Waals surface area contributed by atoms with E-state index in [1.807, 2.05) is 12.1 Å². The van der Waals surface area contributed by atoms with Gasteiger partial charge in [-0.2, -0.15) is 0 Å². The second kappa shape index (κ2) is 9.13. The lowest BCUT2D eigenvalue weighted by molar-refractivity contribution is -0.133. The first kappa shape index (κ1) is 21.6. The van der Waals surface area contributed by atoms with E-state index in [0.717, 1.165) is 24.0 Å². The minimum atomic E-state index is -1.57. The Balaban J connectivity index is 2.01. The predicted molar refractivity (Wildman–Crippen MR) is 123 cm³/mol. The summed E-state index contributed by atoms with van der Waals surface area (Å²) in [5.41, 5.74) is 7.06. The lowest BCUT2D eigenvalue weighted by Crippen LogP contribution is -2.30. The molecule has 0 spiro atoms. The zero-order valence-electron chi connectivity index (χ0n) is 18.2. The number of rotatable bonds is 5. The lowest BCUT2D eigenvalue weighted by atomic mass is 9.99. The van der Waals surface area contributed by atoms with Crippen molar-refractivity contribution in [3.05, 3.63) is 83.4 Å². The summed E-state index contributed by atoms with van der Waals surface area (Å²) in [4.78, 5) is 0. The molecule has 1 aliphatic rings. The van der Waals surface area contributed by atoms with E-state index < -0.39 is 13.9 Å². The van der Waals surface area contributed by atoms with Crippen LogP contribution < -0.4 is 0 Å². The zero-order valence-corrected chi connectivity index (χ0v) is 19.2. The summed E-state index contributed by atoms with van der Waals surface area (Å²) in [5.74, 6) is 2.56. The van der Waals surface area contributed by atoms with Crippen molar-refractivity contribution in [3.63, 3.8) is 0 Å². The van der Waals surface area contributed by atoms with Crippen molar-refractivity contribution >= 4 is 8.07 Å². The third-order valence-electron chi connectivity index (χ3n) is 4.82. The number of ether oxygens (including phenoxy) is 2. The second-order valence-electron chi connectivity index (χ2n) is 8.97. The van der Waals surface area contributed by atoms with Crippen molar-refractivity contribution in [2.75, 3.05) is 0 Å². The fourth-order valence-electron chi connectivity index (χ4n) is 3.41. The Labute approximate surface area is 177 Å². The highest BCUT2D eigenvalue weighted by Gasteiger charge is 2.47. The van der Waals surface area contributed by atoms with Gasteiger partial charge in [0.2, 0.25) is 5.79 Å². The summed E-state index contributed by atoms with van der Waals surface area (Å²) < 4.78 is 13.4. The highest BCUT2D eigenvalue weighted by molar-refractivity contribution is 6.83. The molecule has 2 atom stereocenters. The predicted octanol–water partition coefficient (Wildman–Crippen LogP) is 6.84. The van der Waals surface area contributed by atoms with Crippen molar-refractivity contribution in [2.24, 2.45) is 0 Å². The smallest absolute Gasteiger partial charge is 0.234 e. The molecule has 1 heterocycles. The Morgan fingerprint density at radius 3 is 1.79 bits per heavy atom. The molecule has 0 unspecified atom stereocenters. The molecule has 2 nitrogen and oxygen atoms in total. The molecule has 3 heteroatoms. The van der Waals surface area contributed by atoms with Gasteiger partial charge in [-0.25, -0.2) is 0 Å². The number of allylic oxidation sites excluding steroid dienone is 2. The van der Waals surface area contributed by atoms with E-state index in [9.17, 15) is 0 Å². The van der Waals surface area contributed by atoms with E-state index in [1.165, 1.54) is 5.57 Å². The van der Waals surface area contributed by atoms with E-state index >= 15 is 0 Å². The molecule has 29 heavy (non-hydrogen) atoms. The molecule has 0 saturated carbocycles. The van der Waals surface area contributed by atoms with Crippen molar-refractivity contribution in [2.45, 2.75) is 64.3 Å². The molecule has 1 saturated heterocycles. The average Bonchev–Trinajstić information content (AvgIpc) is 3.07. The van der Waals surface area contributed by atoms with Crippen LogP contribution in [0, 0.1) is 11.5 Å². The van der Waals surface area contributed by atoms with Crippen LogP contribution in [-0.4, -0.2) is 13.9 Å². The van der Waals surface area contributed by atoms with Gasteiger partial charge in [0.1, 0.15) is 20.3 Å². The van der Waals surface area contributed by atoms with Gasteiger partial charge in [0.25, 0.3) is 0 Å². The van der Waals surface area contributed by atoms with Crippen LogP contribution in [0.1, 0.15) is 50.0 Å². The maximum absolute atomic E-state index is 6.68. The molecule has 152 valence electrons. The van der Waals surface area contributed by atoms with E-state index in [2.05, 4.69) is 99.6 Å². The summed E-state index contributed by atoms with van der Waals surface area (Å²) in [6.07, 6.45) is 3.48. The molecule has 0 radical (unpaired) electrons. The van der Waals surface area contributed by atoms with E-state index in [0.29, 0.717) is 0 Å². The van der Waals surface area contributed by atoms with Gasteiger partial charge < -0.3 is 9.47 Å². The minimum Gasteiger partial charge on any atom is -0.328 e. The van der Waals surface area contributed by atoms with Gasteiger partial charge in [0.15, 0.2) is 0 Å². The van der Waals surface area contributed by atoms with Crippen LogP contribution in [0.15, 0.2) is 72.3 Å². The maximum Gasteiger partial charge on any atom is 0.234 e. The fourth-order valence-corrected chi connectivity index (χ4v) is 3.97. The first-order valence-corrected chi connectivity index (χ1v) is 13.9. The van der Waals surface area contributed by atoms with Crippen LogP contribution in [0.4, 0.5) is 0 Å². The molecule has 2 aromatic carbocycles. The summed E-state index contributed by atoms with van der Waals surface area (Å²) in [6.45, 7) is 11.0.